The lowest BCUT2D eigenvalue weighted by atomic mass is 9.94. The van der Waals surface area contributed by atoms with Crippen molar-refractivity contribution in [3.05, 3.63) is 72.4 Å². The van der Waals surface area contributed by atoms with Crippen molar-refractivity contribution in [2.24, 2.45) is 11.8 Å². The van der Waals surface area contributed by atoms with Crippen LogP contribution in [0.25, 0.3) is 0 Å². The lowest BCUT2D eigenvalue weighted by molar-refractivity contribution is 0.785. The Morgan fingerprint density at radius 1 is 1.00 bits per heavy atom. The summed E-state index contributed by atoms with van der Waals surface area (Å²) in [6, 6.07) is 0. The third kappa shape index (κ3) is 3.45. The topological polar surface area (TPSA) is 0 Å². The van der Waals surface area contributed by atoms with Gasteiger partial charge in [0.1, 0.15) is 0 Å². The molecular weight excluding hydrogens is 204 g/mol. The summed E-state index contributed by atoms with van der Waals surface area (Å²) in [4.78, 5) is 0. The van der Waals surface area contributed by atoms with E-state index >= 15 is 0 Å². The van der Waals surface area contributed by atoms with Crippen molar-refractivity contribution in [1.29, 1.82) is 0 Å². The second kappa shape index (κ2) is 5.67. The van der Waals surface area contributed by atoms with Gasteiger partial charge in [-0.1, -0.05) is 66.8 Å². The van der Waals surface area contributed by atoms with E-state index in [2.05, 4.69) is 68.2 Å². The van der Waals surface area contributed by atoms with Crippen molar-refractivity contribution < 1.29 is 0 Å². The fourth-order valence-corrected chi connectivity index (χ4v) is 2.21. The molecular formula is C17H20. The monoisotopic (exact) mass is 224 g/mol. The Morgan fingerprint density at radius 3 is 2.06 bits per heavy atom. The molecule has 0 aliphatic heterocycles. The zero-order valence-electron chi connectivity index (χ0n) is 10.5. The Kier molecular flexibility index (Phi) is 3.98. The summed E-state index contributed by atoms with van der Waals surface area (Å²) in [5, 5.41) is 0. The Labute approximate surface area is 104 Å². The van der Waals surface area contributed by atoms with Crippen molar-refractivity contribution >= 4 is 0 Å². The third-order valence-corrected chi connectivity index (χ3v) is 3.30. The van der Waals surface area contributed by atoms with E-state index in [0.717, 1.165) is 12.8 Å². The molecule has 2 aliphatic carbocycles. The summed E-state index contributed by atoms with van der Waals surface area (Å²) >= 11 is 0. The van der Waals surface area contributed by atoms with Crippen LogP contribution >= 0.6 is 0 Å². The standard InChI is InChI=1S/C17H20/c1-14(2)17(13-16-9-5-6-10-16)12-11-15-7-3-4-8-15/h3-10,12,15-16H,1,11,13H2,2H3/b17-12-. The molecule has 0 N–H and O–H groups in total. The molecule has 0 spiro atoms. The second-order valence-electron chi connectivity index (χ2n) is 4.82. The summed E-state index contributed by atoms with van der Waals surface area (Å²) in [6.07, 6.45) is 22.1. The Morgan fingerprint density at radius 2 is 1.53 bits per heavy atom. The van der Waals surface area contributed by atoms with Crippen LogP contribution in [0.2, 0.25) is 0 Å². The summed E-state index contributed by atoms with van der Waals surface area (Å²) < 4.78 is 0. The third-order valence-electron chi connectivity index (χ3n) is 3.30. The van der Waals surface area contributed by atoms with Gasteiger partial charge < -0.3 is 0 Å². The first-order valence-corrected chi connectivity index (χ1v) is 6.30. The van der Waals surface area contributed by atoms with Gasteiger partial charge in [0.05, 0.1) is 0 Å². The molecule has 0 amide bonds. The fourth-order valence-electron chi connectivity index (χ4n) is 2.21. The van der Waals surface area contributed by atoms with Crippen LogP contribution in [0.4, 0.5) is 0 Å². The highest BCUT2D eigenvalue weighted by Gasteiger charge is 2.09. The van der Waals surface area contributed by atoms with Crippen molar-refractivity contribution in [3.8, 4) is 0 Å². The number of hydrogen-bond acceptors (Lipinski definition) is 0. The van der Waals surface area contributed by atoms with E-state index < -0.39 is 0 Å². The quantitative estimate of drug-likeness (QED) is 0.591. The van der Waals surface area contributed by atoms with Crippen molar-refractivity contribution in [3.63, 3.8) is 0 Å². The molecule has 0 saturated heterocycles. The van der Waals surface area contributed by atoms with Gasteiger partial charge in [0.2, 0.25) is 0 Å². The molecule has 0 unspecified atom stereocenters. The van der Waals surface area contributed by atoms with Crippen molar-refractivity contribution in [2.45, 2.75) is 19.8 Å². The minimum Gasteiger partial charge on any atom is -0.0958 e. The Balaban J connectivity index is 1.95. The average Bonchev–Trinajstić information content (AvgIpc) is 2.97. The van der Waals surface area contributed by atoms with Gasteiger partial charge in [-0.3, -0.25) is 0 Å². The van der Waals surface area contributed by atoms with Gasteiger partial charge >= 0.3 is 0 Å². The second-order valence-corrected chi connectivity index (χ2v) is 4.82. The van der Waals surface area contributed by atoms with Gasteiger partial charge in [0.25, 0.3) is 0 Å². The van der Waals surface area contributed by atoms with Crippen LogP contribution in [0.15, 0.2) is 72.4 Å². The minimum absolute atomic E-state index is 0.563. The lowest BCUT2D eigenvalue weighted by Gasteiger charge is -2.11. The molecule has 0 bridgehead atoms. The molecule has 2 rings (SSSR count). The minimum atomic E-state index is 0.563. The maximum atomic E-state index is 4.09. The zero-order chi connectivity index (χ0) is 12.1. The number of rotatable bonds is 5. The van der Waals surface area contributed by atoms with E-state index in [-0.39, 0.29) is 0 Å². The first-order chi connectivity index (χ1) is 8.25. The van der Waals surface area contributed by atoms with Gasteiger partial charge in [0, 0.05) is 0 Å². The van der Waals surface area contributed by atoms with E-state index in [4.69, 9.17) is 0 Å². The molecule has 0 aromatic heterocycles. The van der Waals surface area contributed by atoms with Crippen LogP contribution in [-0.2, 0) is 0 Å². The molecule has 0 heterocycles. The summed E-state index contributed by atoms with van der Waals surface area (Å²) in [7, 11) is 0. The molecule has 0 aromatic rings. The van der Waals surface area contributed by atoms with Crippen molar-refractivity contribution in [2.75, 3.05) is 0 Å². The summed E-state index contributed by atoms with van der Waals surface area (Å²) in [5.41, 5.74) is 2.60. The lowest BCUT2D eigenvalue weighted by Crippen LogP contribution is -1.96. The number of allylic oxidation sites excluding steroid dienone is 11. The van der Waals surface area contributed by atoms with Gasteiger partial charge in [-0.25, -0.2) is 0 Å². The van der Waals surface area contributed by atoms with Gasteiger partial charge in [-0.15, -0.1) is 0 Å². The highest BCUT2D eigenvalue weighted by atomic mass is 14.1. The normalized spacial score (nSPS) is 19.7. The van der Waals surface area contributed by atoms with Crippen LogP contribution in [0.1, 0.15) is 19.8 Å². The van der Waals surface area contributed by atoms with Gasteiger partial charge in [0.15, 0.2) is 0 Å². The Bertz CT molecular complexity index is 403. The smallest absolute Gasteiger partial charge is 0.000685 e. The summed E-state index contributed by atoms with van der Waals surface area (Å²) in [6.45, 7) is 6.20. The molecule has 0 saturated carbocycles. The maximum absolute atomic E-state index is 4.09. The molecule has 0 fully saturated rings. The molecule has 0 aromatic carbocycles. The van der Waals surface area contributed by atoms with Crippen molar-refractivity contribution in [1.82, 2.24) is 0 Å². The van der Waals surface area contributed by atoms with Crippen LogP contribution < -0.4 is 0 Å². The molecule has 0 heteroatoms. The van der Waals surface area contributed by atoms with E-state index in [9.17, 15) is 0 Å². The first-order valence-electron chi connectivity index (χ1n) is 6.30. The van der Waals surface area contributed by atoms with Crippen LogP contribution in [0.3, 0.4) is 0 Å². The average molecular weight is 224 g/mol. The van der Waals surface area contributed by atoms with Gasteiger partial charge in [-0.2, -0.15) is 0 Å². The predicted molar refractivity (Wildman–Crippen MR) is 75.7 cm³/mol. The van der Waals surface area contributed by atoms with Crippen LogP contribution in [0, 0.1) is 11.8 Å². The maximum Gasteiger partial charge on any atom is -0.000685 e. The molecule has 0 radical (unpaired) electrons. The highest BCUT2D eigenvalue weighted by Crippen LogP contribution is 2.25. The molecule has 2 aliphatic rings. The van der Waals surface area contributed by atoms with E-state index in [1.807, 2.05) is 0 Å². The Hall–Kier alpha value is -1.56. The molecule has 17 heavy (non-hydrogen) atoms. The first kappa shape index (κ1) is 11.9. The number of hydrogen-bond donors (Lipinski definition) is 0. The van der Waals surface area contributed by atoms with E-state index in [0.29, 0.717) is 11.8 Å². The van der Waals surface area contributed by atoms with Gasteiger partial charge in [-0.05, 0) is 37.2 Å². The highest BCUT2D eigenvalue weighted by molar-refractivity contribution is 5.31. The predicted octanol–water partition coefficient (Wildman–Crippen LogP) is 4.75. The fraction of sp³-hybridized carbons (Fsp3) is 0.294. The molecule has 88 valence electrons. The largest absolute Gasteiger partial charge is 0.0958 e. The summed E-state index contributed by atoms with van der Waals surface area (Å²) in [5.74, 6) is 1.15. The van der Waals surface area contributed by atoms with Crippen LogP contribution in [-0.4, -0.2) is 0 Å². The van der Waals surface area contributed by atoms with E-state index in [1.54, 1.807) is 0 Å². The molecule has 0 nitrogen and oxygen atoms in total. The van der Waals surface area contributed by atoms with Crippen LogP contribution in [0.5, 0.6) is 0 Å². The van der Waals surface area contributed by atoms with E-state index in [1.165, 1.54) is 11.1 Å². The molecule has 0 atom stereocenters. The zero-order valence-corrected chi connectivity index (χ0v) is 10.5. The SMILES string of the molecule is C=C(C)/C(=C\CC1C=CC=C1)CC1C=CC=C1.